The van der Waals surface area contributed by atoms with Gasteiger partial charge in [-0.3, -0.25) is 9.10 Å². The Kier molecular flexibility index (Phi) is 8.53. The number of nitrogens with zero attached hydrogens (tertiary/aromatic N) is 3. The first-order valence-corrected chi connectivity index (χ1v) is 21.5. The second-order valence-corrected chi connectivity index (χ2v) is 18.6. The normalized spacial score (nSPS) is 28.5. The highest BCUT2D eigenvalue weighted by molar-refractivity contribution is 7.92. The Morgan fingerprint density at radius 2 is 1.68 bits per heavy atom. The first-order chi connectivity index (χ1) is 26.7. The number of hydrogen-bond donors (Lipinski definition) is 0. The van der Waals surface area contributed by atoms with Crippen molar-refractivity contribution in [2.24, 2.45) is 11.8 Å². The monoisotopic (exact) mass is 777 g/mol. The molecule has 1 saturated carbocycles. The lowest BCUT2D eigenvalue weighted by atomic mass is 9.54. The molecule has 3 saturated heterocycles. The zero-order valence-corrected chi connectivity index (χ0v) is 34.4. The summed E-state index contributed by atoms with van der Waals surface area (Å²) in [5.74, 6) is 8.52. The molecule has 0 aromatic heterocycles. The fourth-order valence-corrected chi connectivity index (χ4v) is 12.7. The van der Waals surface area contributed by atoms with Crippen LogP contribution < -0.4 is 28.3 Å². The predicted octanol–water partition coefficient (Wildman–Crippen LogP) is 6.31. The van der Waals surface area contributed by atoms with E-state index in [-0.39, 0.29) is 42.4 Å². The van der Waals surface area contributed by atoms with Gasteiger partial charge in [0.15, 0.2) is 11.5 Å². The van der Waals surface area contributed by atoms with E-state index in [9.17, 15) is 13.2 Å². The molecule has 9 rings (SSSR count). The van der Waals surface area contributed by atoms with E-state index in [0.717, 1.165) is 68.9 Å². The van der Waals surface area contributed by atoms with Crippen LogP contribution >= 0.6 is 0 Å². The number of piperidine rings is 1. The molecule has 3 aromatic carbocycles. The fraction of sp³-hybridized carbons (Fsp3) is 0.489. The molecule has 1 amide bonds. The third kappa shape index (κ3) is 5.10. The van der Waals surface area contributed by atoms with Gasteiger partial charge in [-0.2, -0.15) is 0 Å². The van der Waals surface area contributed by atoms with E-state index in [1.165, 1.54) is 16.1 Å². The van der Waals surface area contributed by atoms with Crippen molar-refractivity contribution in [3.8, 4) is 29.1 Å². The van der Waals surface area contributed by atoms with Gasteiger partial charge < -0.3 is 28.7 Å². The molecule has 10 nitrogen and oxygen atoms in total. The summed E-state index contributed by atoms with van der Waals surface area (Å²) in [6.45, 7) is 16.4. The summed E-state index contributed by atoms with van der Waals surface area (Å²) in [6.07, 6.45) is 2.98. The van der Waals surface area contributed by atoms with Crippen LogP contribution in [0, 0.1) is 51.4 Å². The number of rotatable bonds is 6. The van der Waals surface area contributed by atoms with Gasteiger partial charge in [-0.05, 0) is 105 Å². The van der Waals surface area contributed by atoms with Crippen LogP contribution in [0.4, 0.5) is 17.1 Å². The maximum Gasteiger partial charge on any atom is 0.232 e. The highest BCUT2D eigenvalue weighted by atomic mass is 32.2. The Balaban J connectivity index is 1.24. The number of aryl methyl sites for hydroxylation is 3. The van der Waals surface area contributed by atoms with E-state index in [4.69, 9.17) is 25.5 Å². The van der Waals surface area contributed by atoms with Crippen LogP contribution in [0.15, 0.2) is 42.5 Å². The van der Waals surface area contributed by atoms with Crippen molar-refractivity contribution in [3.05, 3.63) is 81.4 Å². The van der Waals surface area contributed by atoms with Crippen LogP contribution in [0.25, 0.3) is 0 Å². The van der Waals surface area contributed by atoms with Gasteiger partial charge in [0.05, 0.1) is 57.0 Å². The minimum atomic E-state index is -3.52. The summed E-state index contributed by atoms with van der Waals surface area (Å²) in [5.41, 5.74) is 10.4. The van der Waals surface area contributed by atoms with Gasteiger partial charge >= 0.3 is 0 Å². The maximum atomic E-state index is 14.6. The quantitative estimate of drug-likeness (QED) is 0.213. The smallest absolute Gasteiger partial charge is 0.232 e. The highest BCUT2D eigenvalue weighted by Gasteiger charge is 2.70. The van der Waals surface area contributed by atoms with E-state index in [0.29, 0.717) is 43.3 Å². The molecule has 3 aromatic rings. The molecular weight excluding hydrogens is 727 g/mol. The molecule has 5 aliphatic heterocycles. The molecule has 11 heteroatoms. The topological polar surface area (TPSA) is 97.8 Å². The number of ether oxygens (including phenoxy) is 4. The average Bonchev–Trinajstić information content (AvgIpc) is 3.82. The van der Waals surface area contributed by atoms with Crippen LogP contribution in [0.5, 0.6) is 17.2 Å². The lowest BCUT2D eigenvalue weighted by Crippen LogP contribution is -2.67. The average molecular weight is 778 g/mol. The first kappa shape index (κ1) is 36.9. The number of benzene rings is 3. The molecule has 294 valence electrons. The lowest BCUT2D eigenvalue weighted by molar-refractivity contribution is -0.131. The van der Waals surface area contributed by atoms with E-state index in [2.05, 4.69) is 73.6 Å². The lowest BCUT2D eigenvalue weighted by Gasteiger charge is -2.56. The van der Waals surface area contributed by atoms with Gasteiger partial charge in [-0.15, -0.1) is 5.92 Å². The molecule has 0 radical (unpaired) electrons. The molecule has 56 heavy (non-hydrogen) atoms. The van der Waals surface area contributed by atoms with Gasteiger partial charge in [-0.1, -0.05) is 30.2 Å². The van der Waals surface area contributed by atoms with Crippen LogP contribution in [-0.4, -0.2) is 78.8 Å². The minimum Gasteiger partial charge on any atom is -0.493 e. The summed E-state index contributed by atoms with van der Waals surface area (Å²) in [7, 11) is -0.237. The van der Waals surface area contributed by atoms with Crippen molar-refractivity contribution in [3.63, 3.8) is 0 Å². The van der Waals surface area contributed by atoms with E-state index < -0.39 is 21.5 Å². The number of sulfonamides is 1. The molecule has 0 unspecified atom stereocenters. The van der Waals surface area contributed by atoms with Crippen molar-refractivity contribution in [2.45, 2.75) is 90.0 Å². The second-order valence-electron chi connectivity index (χ2n) is 16.7. The van der Waals surface area contributed by atoms with Gasteiger partial charge in [0, 0.05) is 47.8 Å². The van der Waals surface area contributed by atoms with Crippen molar-refractivity contribution < 1.29 is 32.2 Å². The Bertz CT molecular complexity index is 2370. The minimum absolute atomic E-state index is 0.0297. The third-order valence-corrected chi connectivity index (χ3v) is 15.0. The molecule has 1 spiro atoms. The standard InChI is InChI=1S/C45H51N3O7S/c1-10-11-29-27(5)33(20-34-30(29)12-14-47(34)56(9,50)51)46-15-13-45-32-19-36(52-7)37(53-8)21-35(32)48-41(49)22-38-42(44(45)48)31(18-40(45)46)28(6)39(23-54-38)55-43-25(3)16-24(2)17-26(43)4/h16-17,19-21,31,38-40,42,44H,6,12-15,18,22-23H2,1-5,7-9H3/t31-,38-,39+,40-,42-,44-,45+/m0/s1. The first-order valence-electron chi connectivity index (χ1n) is 19.7. The predicted molar refractivity (Wildman–Crippen MR) is 218 cm³/mol. The summed E-state index contributed by atoms with van der Waals surface area (Å²) >= 11 is 0. The van der Waals surface area contributed by atoms with Crippen molar-refractivity contribution in [2.75, 3.05) is 54.3 Å². The van der Waals surface area contributed by atoms with Crippen LogP contribution in [0.3, 0.4) is 0 Å². The summed E-state index contributed by atoms with van der Waals surface area (Å²) in [5, 5.41) is 0. The van der Waals surface area contributed by atoms with Crippen LogP contribution in [0.1, 0.15) is 65.1 Å². The molecule has 0 bridgehead atoms. The zero-order valence-electron chi connectivity index (χ0n) is 33.6. The molecule has 6 aliphatic rings. The van der Waals surface area contributed by atoms with Crippen LogP contribution in [0.2, 0.25) is 0 Å². The Hall–Kier alpha value is -4.66. The molecule has 4 fully saturated rings. The third-order valence-electron chi connectivity index (χ3n) is 13.8. The second kappa shape index (κ2) is 12.9. The number of amides is 1. The molecular formula is C45H51N3O7S. The van der Waals surface area contributed by atoms with E-state index in [1.54, 1.807) is 14.2 Å². The van der Waals surface area contributed by atoms with Crippen molar-refractivity contribution >= 4 is 33.0 Å². The van der Waals surface area contributed by atoms with E-state index in [1.807, 2.05) is 13.0 Å². The highest BCUT2D eigenvalue weighted by Crippen LogP contribution is 2.66. The van der Waals surface area contributed by atoms with Gasteiger partial charge in [0.1, 0.15) is 11.9 Å². The zero-order chi connectivity index (χ0) is 39.6. The van der Waals surface area contributed by atoms with Crippen molar-refractivity contribution in [1.29, 1.82) is 0 Å². The van der Waals surface area contributed by atoms with Crippen molar-refractivity contribution in [1.82, 2.24) is 0 Å². The molecule has 0 N–H and O–H groups in total. The Labute approximate surface area is 330 Å². The number of carbonyl (C=O) groups excluding carboxylic acids is 1. The van der Waals surface area contributed by atoms with E-state index >= 15 is 0 Å². The van der Waals surface area contributed by atoms with Gasteiger partial charge in [0.2, 0.25) is 15.9 Å². The van der Waals surface area contributed by atoms with Gasteiger partial charge in [-0.25, -0.2) is 8.42 Å². The SMILES string of the molecule is C=C1[C@H](Oc2c(C)cc(C)cc2C)CO[C@H]2CC(=O)N3c4cc(OC)c(OC)cc4[C@]45CCN(c6cc7c(c(C#CC)c6C)CCN7S(C)(=O)=O)[C@H]4C[C@@H]1[C@@H]2[C@H]35. The van der Waals surface area contributed by atoms with Gasteiger partial charge in [0.25, 0.3) is 0 Å². The number of hydrogen-bond acceptors (Lipinski definition) is 8. The summed E-state index contributed by atoms with van der Waals surface area (Å²) in [4.78, 5) is 19.2. The maximum absolute atomic E-state index is 14.6. The largest absolute Gasteiger partial charge is 0.493 e. The summed E-state index contributed by atoms with van der Waals surface area (Å²) in [6, 6.07) is 10.1. The van der Waals surface area contributed by atoms with Crippen LogP contribution in [-0.2, 0) is 31.4 Å². The fourth-order valence-electron chi connectivity index (χ4n) is 11.7. The number of methoxy groups -OCH3 is 2. The molecule has 7 atom stereocenters. The Morgan fingerprint density at radius 1 is 0.964 bits per heavy atom. The Morgan fingerprint density at radius 3 is 2.36 bits per heavy atom. The number of fused-ring (bicyclic) bond motifs is 3. The summed E-state index contributed by atoms with van der Waals surface area (Å²) < 4.78 is 53.3. The number of carbonyl (C=O) groups is 1. The number of anilines is 3. The molecule has 5 heterocycles. The molecule has 1 aliphatic carbocycles.